The van der Waals surface area contributed by atoms with E-state index in [1.807, 2.05) is 0 Å². The van der Waals surface area contributed by atoms with Crippen LogP contribution in [0.2, 0.25) is 5.02 Å². The average molecular weight is 259 g/mol. The quantitative estimate of drug-likeness (QED) is 0.891. The first kappa shape index (κ1) is 14.0. The highest BCUT2D eigenvalue weighted by Gasteiger charge is 2.26. The van der Waals surface area contributed by atoms with Gasteiger partial charge in [0.1, 0.15) is 5.82 Å². The average Bonchev–Trinajstić information content (AvgIpc) is 2.21. The van der Waals surface area contributed by atoms with Crippen molar-refractivity contribution in [2.45, 2.75) is 33.6 Å². The van der Waals surface area contributed by atoms with Gasteiger partial charge in [-0.25, -0.2) is 4.39 Å². The molecule has 0 bridgehead atoms. The Kier molecular flexibility index (Phi) is 4.15. The van der Waals surface area contributed by atoms with E-state index in [9.17, 15) is 9.18 Å². The number of hydrogen-bond acceptors (Lipinski definition) is 1. The zero-order valence-electron chi connectivity index (χ0n) is 10.2. The van der Waals surface area contributed by atoms with Gasteiger partial charge in [0, 0.05) is 5.02 Å². The summed E-state index contributed by atoms with van der Waals surface area (Å²) in [5.74, 6) is -1.18. The van der Waals surface area contributed by atoms with E-state index in [0.29, 0.717) is 23.4 Å². The summed E-state index contributed by atoms with van der Waals surface area (Å²) in [6.45, 7) is 5.00. The molecule has 0 aliphatic carbocycles. The van der Waals surface area contributed by atoms with E-state index in [1.165, 1.54) is 6.07 Å². The van der Waals surface area contributed by atoms with Crippen LogP contribution in [0.5, 0.6) is 0 Å². The third-order valence-electron chi connectivity index (χ3n) is 2.93. The van der Waals surface area contributed by atoms with Crippen molar-refractivity contribution in [3.8, 4) is 0 Å². The number of halogens is 2. The molecule has 17 heavy (non-hydrogen) atoms. The lowest BCUT2D eigenvalue weighted by atomic mass is 9.86. The Bertz CT molecular complexity index is 441. The molecule has 2 nitrogen and oxygen atoms in total. The summed E-state index contributed by atoms with van der Waals surface area (Å²) < 4.78 is 13.2. The molecule has 0 spiro atoms. The SMILES string of the molecule is Cc1cc(CCC(C)(C)C(=O)O)c(Cl)cc1F. The van der Waals surface area contributed by atoms with E-state index in [2.05, 4.69) is 0 Å². The first-order chi connectivity index (χ1) is 7.74. The molecule has 0 aromatic heterocycles. The highest BCUT2D eigenvalue weighted by molar-refractivity contribution is 6.31. The predicted octanol–water partition coefficient (Wildman–Crippen LogP) is 3.83. The fourth-order valence-corrected chi connectivity index (χ4v) is 1.71. The van der Waals surface area contributed by atoms with Gasteiger partial charge in [-0.05, 0) is 50.8 Å². The van der Waals surface area contributed by atoms with Gasteiger partial charge in [-0.2, -0.15) is 0 Å². The van der Waals surface area contributed by atoms with Crippen molar-refractivity contribution >= 4 is 17.6 Å². The van der Waals surface area contributed by atoms with E-state index in [-0.39, 0.29) is 5.82 Å². The minimum Gasteiger partial charge on any atom is -0.481 e. The van der Waals surface area contributed by atoms with Gasteiger partial charge in [-0.1, -0.05) is 17.7 Å². The van der Waals surface area contributed by atoms with Gasteiger partial charge < -0.3 is 5.11 Å². The number of carbonyl (C=O) groups is 1. The van der Waals surface area contributed by atoms with E-state index >= 15 is 0 Å². The molecule has 0 fully saturated rings. The van der Waals surface area contributed by atoms with Gasteiger partial charge in [0.15, 0.2) is 0 Å². The zero-order valence-corrected chi connectivity index (χ0v) is 10.9. The molecule has 0 aliphatic heterocycles. The van der Waals surface area contributed by atoms with Gasteiger partial charge in [0.05, 0.1) is 5.41 Å². The fraction of sp³-hybridized carbons (Fsp3) is 0.462. The van der Waals surface area contributed by atoms with Crippen LogP contribution < -0.4 is 0 Å². The Morgan fingerprint density at radius 1 is 1.47 bits per heavy atom. The van der Waals surface area contributed by atoms with Gasteiger partial charge in [0.2, 0.25) is 0 Å². The van der Waals surface area contributed by atoms with Crippen LogP contribution in [0.3, 0.4) is 0 Å². The molecule has 1 aromatic rings. The molecule has 1 aromatic carbocycles. The molecule has 0 radical (unpaired) electrons. The largest absolute Gasteiger partial charge is 0.481 e. The van der Waals surface area contributed by atoms with Gasteiger partial charge in [0.25, 0.3) is 0 Å². The maximum atomic E-state index is 13.2. The van der Waals surface area contributed by atoms with E-state index in [0.717, 1.165) is 5.56 Å². The van der Waals surface area contributed by atoms with E-state index in [4.69, 9.17) is 16.7 Å². The van der Waals surface area contributed by atoms with Crippen molar-refractivity contribution in [1.82, 2.24) is 0 Å². The Labute approximate surface area is 105 Å². The van der Waals surface area contributed by atoms with Crippen molar-refractivity contribution in [3.05, 3.63) is 34.1 Å². The summed E-state index contributed by atoms with van der Waals surface area (Å²) in [4.78, 5) is 11.0. The summed E-state index contributed by atoms with van der Waals surface area (Å²) in [6.07, 6.45) is 0.992. The van der Waals surface area contributed by atoms with Crippen molar-refractivity contribution in [1.29, 1.82) is 0 Å². The van der Waals surface area contributed by atoms with Crippen LogP contribution in [0, 0.1) is 18.2 Å². The van der Waals surface area contributed by atoms with E-state index < -0.39 is 11.4 Å². The van der Waals surface area contributed by atoms with Crippen molar-refractivity contribution in [2.24, 2.45) is 5.41 Å². The third kappa shape index (κ3) is 3.43. The maximum Gasteiger partial charge on any atom is 0.309 e. The molecular formula is C13H16ClFO2. The number of aryl methyl sites for hydroxylation is 2. The Morgan fingerprint density at radius 2 is 2.06 bits per heavy atom. The third-order valence-corrected chi connectivity index (χ3v) is 3.28. The molecule has 1 N–H and O–H groups in total. The number of carboxylic acids is 1. The highest BCUT2D eigenvalue weighted by atomic mass is 35.5. The Hall–Kier alpha value is -1.09. The van der Waals surface area contributed by atoms with Crippen LogP contribution in [0.1, 0.15) is 31.4 Å². The Morgan fingerprint density at radius 3 is 2.59 bits per heavy atom. The second kappa shape index (κ2) is 5.05. The number of aliphatic carboxylic acids is 1. The van der Waals surface area contributed by atoms with Gasteiger partial charge in [-0.15, -0.1) is 0 Å². The van der Waals surface area contributed by atoms with Crippen LogP contribution in [-0.4, -0.2) is 11.1 Å². The van der Waals surface area contributed by atoms with Crippen LogP contribution in [-0.2, 0) is 11.2 Å². The lowest BCUT2D eigenvalue weighted by molar-refractivity contribution is -0.147. The number of hydrogen-bond donors (Lipinski definition) is 1. The molecule has 0 atom stereocenters. The smallest absolute Gasteiger partial charge is 0.309 e. The summed E-state index contributed by atoms with van der Waals surface area (Å²) in [6, 6.07) is 2.95. The molecule has 0 unspecified atom stereocenters. The molecule has 4 heteroatoms. The molecule has 0 heterocycles. The standard InChI is InChI=1S/C13H16ClFO2/c1-8-6-9(10(14)7-11(8)15)4-5-13(2,3)12(16)17/h6-7H,4-5H2,1-3H3,(H,16,17). The monoisotopic (exact) mass is 258 g/mol. The second-order valence-corrected chi connectivity index (χ2v) is 5.29. The summed E-state index contributed by atoms with van der Waals surface area (Å²) >= 11 is 5.92. The normalized spacial score (nSPS) is 11.6. The van der Waals surface area contributed by atoms with Gasteiger partial charge >= 0.3 is 5.97 Å². The molecule has 94 valence electrons. The molecule has 0 aliphatic rings. The number of carboxylic acid groups (broad SMARTS) is 1. The molecule has 0 amide bonds. The fourth-order valence-electron chi connectivity index (χ4n) is 1.46. The van der Waals surface area contributed by atoms with Gasteiger partial charge in [-0.3, -0.25) is 4.79 Å². The topological polar surface area (TPSA) is 37.3 Å². The summed E-state index contributed by atoms with van der Waals surface area (Å²) in [7, 11) is 0. The van der Waals surface area contributed by atoms with Crippen LogP contribution in [0.4, 0.5) is 4.39 Å². The van der Waals surface area contributed by atoms with Crippen molar-refractivity contribution in [3.63, 3.8) is 0 Å². The first-order valence-electron chi connectivity index (χ1n) is 5.42. The second-order valence-electron chi connectivity index (χ2n) is 4.88. The van der Waals surface area contributed by atoms with E-state index in [1.54, 1.807) is 26.8 Å². The lowest BCUT2D eigenvalue weighted by Gasteiger charge is -2.19. The molecular weight excluding hydrogens is 243 g/mol. The minimum atomic E-state index is -0.840. The molecule has 0 saturated heterocycles. The summed E-state index contributed by atoms with van der Waals surface area (Å²) in [5.41, 5.74) is 0.517. The number of rotatable bonds is 4. The van der Waals surface area contributed by atoms with Crippen molar-refractivity contribution < 1.29 is 14.3 Å². The van der Waals surface area contributed by atoms with Crippen LogP contribution in [0.25, 0.3) is 0 Å². The van der Waals surface area contributed by atoms with Crippen molar-refractivity contribution in [2.75, 3.05) is 0 Å². The van der Waals surface area contributed by atoms with Crippen LogP contribution in [0.15, 0.2) is 12.1 Å². The zero-order chi connectivity index (χ0) is 13.2. The predicted molar refractivity (Wildman–Crippen MR) is 65.9 cm³/mol. The number of benzene rings is 1. The molecule has 1 rings (SSSR count). The summed E-state index contributed by atoms with van der Waals surface area (Å²) in [5, 5.41) is 9.35. The minimum absolute atomic E-state index is 0.337. The first-order valence-corrected chi connectivity index (χ1v) is 5.80. The Balaban J connectivity index is 2.83. The maximum absolute atomic E-state index is 13.2. The van der Waals surface area contributed by atoms with Crippen LogP contribution >= 0.6 is 11.6 Å². The highest BCUT2D eigenvalue weighted by Crippen LogP contribution is 2.27. The molecule has 0 saturated carbocycles. The lowest BCUT2D eigenvalue weighted by Crippen LogP contribution is -2.24.